The number of alkyl carbamates (subject to hydrolysis) is 1. The first-order valence-electron chi connectivity index (χ1n) is 24.7. The molecule has 0 fully saturated rings. The second-order valence-electron chi connectivity index (χ2n) is 18.9. The Morgan fingerprint density at radius 1 is 0.500 bits per heavy atom. The van der Waals surface area contributed by atoms with E-state index in [1.54, 1.807) is 51.1 Å². The van der Waals surface area contributed by atoms with Gasteiger partial charge in [0.25, 0.3) is 30.1 Å². The van der Waals surface area contributed by atoms with Gasteiger partial charge in [0.1, 0.15) is 73.1 Å². The van der Waals surface area contributed by atoms with E-state index in [-0.39, 0.29) is 38.4 Å². The van der Waals surface area contributed by atoms with E-state index in [1.807, 2.05) is 0 Å². The highest BCUT2D eigenvalue weighted by Crippen LogP contribution is 2.22. The van der Waals surface area contributed by atoms with Gasteiger partial charge in [-0.1, -0.05) is 30.3 Å². The number of rotatable bonds is 25. The second kappa shape index (κ2) is 26.0. The number of carbonyl (C=O) groups excluding carboxylic acids is 5. The highest BCUT2D eigenvalue weighted by molar-refractivity contribution is 7.90. The molecule has 4 amide bonds. The summed E-state index contributed by atoms with van der Waals surface area (Å²) in [4.78, 5) is 82.2. The van der Waals surface area contributed by atoms with Gasteiger partial charge in [0, 0.05) is 37.9 Å². The summed E-state index contributed by atoms with van der Waals surface area (Å²) in [5.74, 6) is -2.91. The Labute approximate surface area is 472 Å². The van der Waals surface area contributed by atoms with E-state index in [0.29, 0.717) is 22.8 Å². The monoisotopic (exact) mass is 1190 g/mol. The van der Waals surface area contributed by atoms with E-state index in [9.17, 15) is 49.2 Å². The molecule has 26 nitrogen and oxygen atoms in total. The molecule has 0 spiro atoms. The van der Waals surface area contributed by atoms with E-state index in [4.69, 9.17) is 23.7 Å². The first-order valence-corrected chi connectivity index (χ1v) is 29.1. The standard InChI is InChI=1S/C53H58N10O16S3/c1-53(2,3)79-52(68)60-47(26-38-30-63(34-57-38)82(73,74)44-22-16-41(77-6)17-23-44)51(67)59-46(25-37-29-62(33-56-37)81(71,72)43-20-14-40(76-5)15-21-43)50(66)58-45(49(65)54-27-48(64)78-31-35-10-8-7-9-11-35)24-36-28-61(32-55-36)80(69,70)42-18-12-39(75-4)13-19-42/h7-23,28-30,32-34,45-47H,24-27,31H2,1-6H3,(H,54,65)(H,58,66)(H,59,67)(H,60,68)/t45-,46-,47-/m0/s1. The van der Waals surface area contributed by atoms with Crippen LogP contribution in [-0.2, 0) is 84.6 Å². The van der Waals surface area contributed by atoms with Gasteiger partial charge in [-0.15, -0.1) is 0 Å². The third-order valence-electron chi connectivity index (χ3n) is 11.9. The van der Waals surface area contributed by atoms with Crippen molar-refractivity contribution in [3.63, 3.8) is 0 Å². The van der Waals surface area contributed by atoms with Gasteiger partial charge in [-0.3, -0.25) is 19.2 Å². The zero-order valence-corrected chi connectivity index (χ0v) is 47.4. The highest BCUT2D eigenvalue weighted by Gasteiger charge is 2.34. The number of hydrogen-bond acceptors (Lipinski definition) is 19. The number of imidazole rings is 3. The van der Waals surface area contributed by atoms with E-state index in [0.717, 1.165) is 49.5 Å². The second-order valence-corrected chi connectivity index (χ2v) is 24.5. The molecule has 0 saturated heterocycles. The topological polar surface area (TPSA) is 336 Å². The maximum absolute atomic E-state index is 14.9. The fourth-order valence-electron chi connectivity index (χ4n) is 7.67. The predicted octanol–water partition coefficient (Wildman–Crippen LogP) is 2.76. The van der Waals surface area contributed by atoms with E-state index >= 15 is 0 Å². The summed E-state index contributed by atoms with van der Waals surface area (Å²) >= 11 is 0. The fourth-order valence-corrected chi connectivity index (χ4v) is 11.1. The van der Waals surface area contributed by atoms with E-state index < -0.39 is 109 Å². The van der Waals surface area contributed by atoms with Crippen molar-refractivity contribution in [1.29, 1.82) is 0 Å². The van der Waals surface area contributed by atoms with Gasteiger partial charge in [0.2, 0.25) is 17.7 Å². The van der Waals surface area contributed by atoms with Crippen LogP contribution in [0.25, 0.3) is 0 Å². The molecule has 3 aromatic heterocycles. The van der Waals surface area contributed by atoms with Gasteiger partial charge in [-0.25, -0.2) is 56.9 Å². The van der Waals surface area contributed by atoms with Crippen LogP contribution in [0.2, 0.25) is 0 Å². The van der Waals surface area contributed by atoms with Gasteiger partial charge < -0.3 is 45.0 Å². The van der Waals surface area contributed by atoms with Crippen molar-refractivity contribution < 1.29 is 72.9 Å². The molecule has 434 valence electrons. The number of ether oxygens (including phenoxy) is 5. The summed E-state index contributed by atoms with van der Waals surface area (Å²) in [5, 5.41) is 9.95. The lowest BCUT2D eigenvalue weighted by Crippen LogP contribution is -2.58. The van der Waals surface area contributed by atoms with Gasteiger partial charge in [0.15, 0.2) is 0 Å². The molecular formula is C53H58N10O16S3. The normalized spacial score (nSPS) is 12.9. The number of esters is 1. The van der Waals surface area contributed by atoms with Gasteiger partial charge in [-0.05, 0) is 99.1 Å². The summed E-state index contributed by atoms with van der Waals surface area (Å²) in [6, 6.07) is 19.9. The van der Waals surface area contributed by atoms with Gasteiger partial charge in [0.05, 0.1) is 53.1 Å². The summed E-state index contributed by atoms with van der Waals surface area (Å²) in [6.45, 7) is 3.85. The Morgan fingerprint density at radius 3 is 1.21 bits per heavy atom. The molecule has 4 aromatic carbocycles. The minimum Gasteiger partial charge on any atom is -0.497 e. The van der Waals surface area contributed by atoms with Crippen LogP contribution in [-0.4, -0.2) is 134 Å². The number of methoxy groups -OCH3 is 3. The van der Waals surface area contributed by atoms with Crippen LogP contribution < -0.4 is 35.5 Å². The minimum atomic E-state index is -4.31. The number of amides is 4. The average Bonchev–Trinajstić information content (AvgIpc) is 4.35. The number of hydrogen-bond donors (Lipinski definition) is 4. The molecular weight excluding hydrogens is 1130 g/mol. The Hall–Kier alpha value is -9.09. The van der Waals surface area contributed by atoms with Crippen LogP contribution >= 0.6 is 0 Å². The van der Waals surface area contributed by atoms with Crippen molar-refractivity contribution in [1.82, 2.24) is 48.1 Å². The van der Waals surface area contributed by atoms with Crippen molar-refractivity contribution in [2.45, 2.75) is 85.1 Å². The molecule has 0 aliphatic rings. The van der Waals surface area contributed by atoms with Crippen LogP contribution in [0.1, 0.15) is 43.4 Å². The molecule has 0 aliphatic carbocycles. The number of carbonyl (C=O) groups is 5. The summed E-state index contributed by atoms with van der Waals surface area (Å²) in [5.41, 5.74) is -0.622. The SMILES string of the molecule is COc1ccc(S(=O)(=O)n2cnc(C[C@H](NC(=O)OC(C)(C)C)C(=O)N[C@@H](Cc3cn(S(=O)(=O)c4ccc(OC)cc4)cn3)C(=O)N[C@@H](Cc3cn(S(=O)(=O)c4ccc(OC)cc4)cn3)C(=O)NCC(=O)OCc3ccccc3)c2)cc1. The fraction of sp³-hybridized carbons (Fsp3) is 0.283. The van der Waals surface area contributed by atoms with Crippen LogP contribution in [0, 0.1) is 0 Å². The predicted molar refractivity (Wildman–Crippen MR) is 291 cm³/mol. The largest absolute Gasteiger partial charge is 0.497 e. The number of nitrogens with one attached hydrogen (secondary N) is 4. The van der Waals surface area contributed by atoms with Crippen LogP contribution in [0.3, 0.4) is 0 Å². The lowest BCUT2D eigenvalue weighted by Gasteiger charge is -2.26. The molecule has 4 N–H and O–H groups in total. The van der Waals surface area contributed by atoms with Crippen LogP contribution in [0.4, 0.5) is 4.79 Å². The zero-order chi connectivity index (χ0) is 59.4. The number of benzene rings is 4. The number of aromatic nitrogens is 6. The number of nitrogens with zero attached hydrogens (tertiary/aromatic N) is 6. The molecule has 7 rings (SSSR count). The lowest BCUT2D eigenvalue weighted by atomic mass is 10.1. The summed E-state index contributed by atoms with van der Waals surface area (Å²) in [7, 11) is -8.60. The molecule has 29 heteroatoms. The smallest absolute Gasteiger partial charge is 0.408 e. The average molecular weight is 1190 g/mol. The van der Waals surface area contributed by atoms with Crippen molar-refractivity contribution >= 4 is 59.9 Å². The maximum atomic E-state index is 14.9. The first-order chi connectivity index (χ1) is 38.9. The van der Waals surface area contributed by atoms with Gasteiger partial charge in [-0.2, -0.15) is 0 Å². The first kappa shape index (κ1) is 60.5. The summed E-state index contributed by atoms with van der Waals surface area (Å²) < 4.78 is 111. The Morgan fingerprint density at radius 2 is 0.854 bits per heavy atom. The van der Waals surface area contributed by atoms with Crippen molar-refractivity contribution in [2.75, 3.05) is 27.9 Å². The molecule has 0 saturated carbocycles. The molecule has 0 radical (unpaired) electrons. The zero-order valence-electron chi connectivity index (χ0n) is 45.0. The molecule has 0 bridgehead atoms. The molecule has 3 atom stereocenters. The molecule has 0 unspecified atom stereocenters. The Balaban J connectivity index is 1.21. The van der Waals surface area contributed by atoms with Crippen LogP contribution in [0.5, 0.6) is 17.2 Å². The highest BCUT2D eigenvalue weighted by atomic mass is 32.2. The summed E-state index contributed by atoms with van der Waals surface area (Å²) in [6.07, 6.45) is 3.48. The lowest BCUT2D eigenvalue weighted by molar-refractivity contribution is -0.145. The third kappa shape index (κ3) is 15.6. The van der Waals surface area contributed by atoms with Crippen molar-refractivity contribution in [3.05, 3.63) is 163 Å². The van der Waals surface area contributed by atoms with E-state index in [1.165, 1.54) is 94.1 Å². The van der Waals surface area contributed by atoms with Crippen molar-refractivity contribution in [2.24, 2.45) is 0 Å². The molecule has 0 aliphatic heterocycles. The van der Waals surface area contributed by atoms with Crippen LogP contribution in [0.15, 0.2) is 155 Å². The minimum absolute atomic E-state index is 0.0377. The van der Waals surface area contributed by atoms with Crippen molar-refractivity contribution in [3.8, 4) is 17.2 Å². The molecule has 7 aromatic rings. The third-order valence-corrected chi connectivity index (χ3v) is 16.8. The van der Waals surface area contributed by atoms with E-state index in [2.05, 4.69) is 36.2 Å². The Kier molecular flexibility index (Phi) is 19.2. The molecule has 82 heavy (non-hydrogen) atoms. The maximum Gasteiger partial charge on any atom is 0.408 e. The quantitative estimate of drug-likeness (QED) is 0.0598. The molecule has 3 heterocycles. The van der Waals surface area contributed by atoms with Gasteiger partial charge >= 0.3 is 12.1 Å². The Bertz CT molecular complexity index is 3730.